The van der Waals surface area contributed by atoms with Crippen molar-refractivity contribution < 1.29 is 9.90 Å². The van der Waals surface area contributed by atoms with Gasteiger partial charge in [0.15, 0.2) is 0 Å². The van der Waals surface area contributed by atoms with E-state index in [1.165, 1.54) is 0 Å². The van der Waals surface area contributed by atoms with Gasteiger partial charge in [0.2, 0.25) is 0 Å². The molecule has 6 heteroatoms. The van der Waals surface area contributed by atoms with Gasteiger partial charge in [0.05, 0.1) is 10.6 Å². The molecule has 0 unspecified atom stereocenters. The van der Waals surface area contributed by atoms with Crippen LogP contribution in [0.25, 0.3) is 0 Å². The zero-order valence-electron chi connectivity index (χ0n) is 11.3. The lowest BCUT2D eigenvalue weighted by molar-refractivity contribution is 0.0963. The number of benzene rings is 2. The van der Waals surface area contributed by atoms with Crippen molar-refractivity contribution in [2.75, 3.05) is 12.4 Å². The van der Waals surface area contributed by atoms with Gasteiger partial charge in [-0.05, 0) is 36.4 Å². The van der Waals surface area contributed by atoms with Crippen LogP contribution in [0, 0.1) is 0 Å². The molecule has 0 saturated carbocycles. The lowest BCUT2D eigenvalue weighted by Crippen LogP contribution is -2.18. The van der Waals surface area contributed by atoms with E-state index in [1.54, 1.807) is 37.4 Å². The minimum Gasteiger partial charge on any atom is -0.508 e. The van der Waals surface area contributed by atoms with Crippen LogP contribution in [0.3, 0.4) is 0 Å². The monoisotopic (exact) mass is 368 g/mol. The zero-order chi connectivity index (χ0) is 15.4. The molecule has 0 spiro atoms. The quantitative estimate of drug-likeness (QED) is 0.768. The molecule has 0 bridgehead atoms. The number of rotatable bonds is 4. The number of carbonyl (C=O) groups excluding carboxylic acids is 1. The van der Waals surface area contributed by atoms with E-state index >= 15 is 0 Å². The Morgan fingerprint density at radius 1 is 1.29 bits per heavy atom. The molecule has 21 heavy (non-hydrogen) atoms. The van der Waals surface area contributed by atoms with Crippen LogP contribution in [0.15, 0.2) is 40.9 Å². The van der Waals surface area contributed by atoms with Crippen molar-refractivity contribution in [3.63, 3.8) is 0 Å². The minimum absolute atomic E-state index is 0.214. The molecule has 0 fully saturated rings. The fourth-order valence-electron chi connectivity index (χ4n) is 1.84. The van der Waals surface area contributed by atoms with Gasteiger partial charge in [0, 0.05) is 29.3 Å². The zero-order valence-corrected chi connectivity index (χ0v) is 13.6. The van der Waals surface area contributed by atoms with Crippen LogP contribution in [0.1, 0.15) is 15.9 Å². The van der Waals surface area contributed by atoms with Gasteiger partial charge in [-0.3, -0.25) is 4.79 Å². The third-order valence-corrected chi connectivity index (χ3v) is 3.79. The molecule has 3 N–H and O–H groups in total. The Balaban J connectivity index is 2.17. The number of hydrogen-bond donors (Lipinski definition) is 3. The molecule has 0 aliphatic heterocycles. The third kappa shape index (κ3) is 3.89. The number of hydrogen-bond acceptors (Lipinski definition) is 3. The van der Waals surface area contributed by atoms with Crippen LogP contribution < -0.4 is 10.6 Å². The Bertz CT molecular complexity index is 677. The molecule has 0 aliphatic carbocycles. The van der Waals surface area contributed by atoms with Crippen molar-refractivity contribution in [3.8, 4) is 5.75 Å². The van der Waals surface area contributed by atoms with E-state index in [9.17, 15) is 9.90 Å². The first-order valence-electron chi connectivity index (χ1n) is 6.24. The Morgan fingerprint density at radius 3 is 2.76 bits per heavy atom. The van der Waals surface area contributed by atoms with Crippen LogP contribution in [0.2, 0.25) is 5.02 Å². The van der Waals surface area contributed by atoms with Crippen molar-refractivity contribution in [1.82, 2.24) is 5.32 Å². The molecule has 2 aromatic carbocycles. The van der Waals surface area contributed by atoms with Crippen LogP contribution in [-0.4, -0.2) is 18.1 Å². The van der Waals surface area contributed by atoms with Crippen LogP contribution in [-0.2, 0) is 6.54 Å². The predicted molar refractivity (Wildman–Crippen MR) is 88.0 cm³/mol. The van der Waals surface area contributed by atoms with E-state index in [-0.39, 0.29) is 11.7 Å². The van der Waals surface area contributed by atoms with E-state index in [2.05, 4.69) is 26.6 Å². The normalized spacial score (nSPS) is 10.2. The first-order valence-corrected chi connectivity index (χ1v) is 7.41. The van der Waals surface area contributed by atoms with Gasteiger partial charge < -0.3 is 15.7 Å². The lowest BCUT2D eigenvalue weighted by atomic mass is 10.1. The molecule has 2 aromatic rings. The first kappa shape index (κ1) is 15.7. The van der Waals surface area contributed by atoms with Gasteiger partial charge >= 0.3 is 0 Å². The smallest absolute Gasteiger partial charge is 0.252 e. The highest BCUT2D eigenvalue weighted by Crippen LogP contribution is 2.24. The average molecular weight is 370 g/mol. The van der Waals surface area contributed by atoms with Crippen molar-refractivity contribution in [3.05, 3.63) is 57.0 Å². The van der Waals surface area contributed by atoms with Crippen LogP contribution in [0.4, 0.5) is 5.69 Å². The summed E-state index contributed by atoms with van der Waals surface area (Å²) in [5, 5.41) is 15.9. The molecule has 0 saturated heterocycles. The molecule has 2 rings (SSSR count). The largest absolute Gasteiger partial charge is 0.508 e. The summed E-state index contributed by atoms with van der Waals surface area (Å²) in [7, 11) is 1.55. The lowest BCUT2D eigenvalue weighted by Gasteiger charge is -2.11. The molecule has 0 heterocycles. The molecular formula is C15H14BrClN2O2. The maximum absolute atomic E-state index is 11.7. The van der Waals surface area contributed by atoms with Crippen molar-refractivity contribution in [2.24, 2.45) is 0 Å². The Morgan fingerprint density at radius 2 is 2.05 bits per heavy atom. The highest BCUT2D eigenvalue weighted by Gasteiger charge is 2.10. The predicted octanol–water partition coefficient (Wildman–Crippen LogP) is 3.78. The standard InChI is InChI=1S/C15H14BrClN2O2/c1-18-15(21)12-7-11(3-4-13(12)17)19-8-9-6-10(16)2-5-14(9)20/h2-7,19-20H,8H2,1H3,(H,18,21). The molecular weight excluding hydrogens is 356 g/mol. The Labute approximate surface area is 136 Å². The van der Waals surface area contributed by atoms with Crippen molar-refractivity contribution in [1.29, 1.82) is 0 Å². The van der Waals surface area contributed by atoms with Gasteiger partial charge in [-0.1, -0.05) is 27.5 Å². The average Bonchev–Trinajstić information content (AvgIpc) is 2.48. The summed E-state index contributed by atoms with van der Waals surface area (Å²) in [6, 6.07) is 10.3. The number of phenols is 1. The topological polar surface area (TPSA) is 61.4 Å². The Kier molecular flexibility index (Phi) is 5.09. The number of nitrogens with one attached hydrogen (secondary N) is 2. The molecule has 0 aliphatic rings. The minimum atomic E-state index is -0.242. The SMILES string of the molecule is CNC(=O)c1cc(NCc2cc(Br)ccc2O)ccc1Cl. The Hall–Kier alpha value is -1.72. The fraction of sp³-hybridized carbons (Fsp3) is 0.133. The molecule has 0 atom stereocenters. The summed E-state index contributed by atoms with van der Waals surface area (Å²) < 4.78 is 0.888. The number of anilines is 1. The second-order valence-electron chi connectivity index (χ2n) is 4.40. The van der Waals surface area contributed by atoms with Gasteiger partial charge in [0.25, 0.3) is 5.91 Å². The van der Waals surface area contributed by atoms with E-state index < -0.39 is 0 Å². The number of carbonyl (C=O) groups is 1. The summed E-state index contributed by atoms with van der Waals surface area (Å²) in [6.07, 6.45) is 0. The van der Waals surface area contributed by atoms with Gasteiger partial charge in [-0.25, -0.2) is 0 Å². The third-order valence-electron chi connectivity index (χ3n) is 2.96. The van der Waals surface area contributed by atoms with Crippen LogP contribution in [0.5, 0.6) is 5.75 Å². The summed E-state index contributed by atoms with van der Waals surface area (Å²) in [5.41, 5.74) is 1.90. The van der Waals surface area contributed by atoms with Gasteiger partial charge in [-0.15, -0.1) is 0 Å². The maximum atomic E-state index is 11.7. The van der Waals surface area contributed by atoms with Gasteiger partial charge in [0.1, 0.15) is 5.75 Å². The highest BCUT2D eigenvalue weighted by atomic mass is 79.9. The second-order valence-corrected chi connectivity index (χ2v) is 5.72. The molecule has 0 radical (unpaired) electrons. The fourth-order valence-corrected chi connectivity index (χ4v) is 2.45. The van der Waals surface area contributed by atoms with E-state index in [0.29, 0.717) is 17.1 Å². The van der Waals surface area contributed by atoms with E-state index in [4.69, 9.17) is 11.6 Å². The summed E-state index contributed by atoms with van der Waals surface area (Å²) in [4.78, 5) is 11.7. The first-order chi connectivity index (χ1) is 10.0. The molecule has 110 valence electrons. The maximum Gasteiger partial charge on any atom is 0.252 e. The highest BCUT2D eigenvalue weighted by molar-refractivity contribution is 9.10. The number of aromatic hydroxyl groups is 1. The summed E-state index contributed by atoms with van der Waals surface area (Å²) in [6.45, 7) is 0.431. The van der Waals surface area contributed by atoms with Crippen molar-refractivity contribution in [2.45, 2.75) is 6.54 Å². The molecule has 0 aromatic heterocycles. The van der Waals surface area contributed by atoms with E-state index in [0.717, 1.165) is 15.7 Å². The van der Waals surface area contributed by atoms with E-state index in [1.807, 2.05) is 6.07 Å². The summed E-state index contributed by atoms with van der Waals surface area (Å²) >= 11 is 9.36. The van der Waals surface area contributed by atoms with Gasteiger partial charge in [-0.2, -0.15) is 0 Å². The number of amides is 1. The molecule has 4 nitrogen and oxygen atoms in total. The number of phenolic OH excluding ortho intramolecular Hbond substituents is 1. The second kappa shape index (κ2) is 6.83. The number of halogens is 2. The van der Waals surface area contributed by atoms with Crippen LogP contribution >= 0.6 is 27.5 Å². The molecule has 1 amide bonds. The summed E-state index contributed by atoms with van der Waals surface area (Å²) in [5.74, 6) is -0.0276. The van der Waals surface area contributed by atoms with Crippen molar-refractivity contribution >= 4 is 39.1 Å².